The van der Waals surface area contributed by atoms with Crippen LogP contribution in [0.5, 0.6) is 0 Å². The van der Waals surface area contributed by atoms with Crippen molar-refractivity contribution in [3.05, 3.63) is 0 Å². The molecule has 0 aromatic heterocycles. The van der Waals surface area contributed by atoms with Crippen molar-refractivity contribution < 1.29 is 19.8 Å². The molecule has 0 aliphatic carbocycles. The van der Waals surface area contributed by atoms with Gasteiger partial charge in [-0.25, -0.2) is 14.8 Å². The van der Waals surface area contributed by atoms with Gasteiger partial charge in [0.15, 0.2) is 0 Å². The summed E-state index contributed by atoms with van der Waals surface area (Å²) in [6, 6.07) is -1.56. The van der Waals surface area contributed by atoms with Crippen LogP contribution in [-0.2, 0) is 4.99 Å². The molecule has 28 heavy (non-hydrogen) atoms. The standard InChI is InChI=1S/C19H37N5O4/c1-13(18(2,3)4)20-15(22-17(26)24-11-9-10-12-24)14(19(5,6)7)21-16(25)23(8)28-27/h13-14,27H,9-12H2,1-8H3,(H,21,25)(H,20,22,26). The summed E-state index contributed by atoms with van der Waals surface area (Å²) in [5, 5.41) is 15.2. The average Bonchev–Trinajstić information content (AvgIpc) is 3.10. The zero-order valence-corrected chi connectivity index (χ0v) is 18.5. The van der Waals surface area contributed by atoms with Crippen LogP contribution in [0.4, 0.5) is 9.59 Å². The summed E-state index contributed by atoms with van der Waals surface area (Å²) in [4.78, 5) is 35.6. The molecule has 2 unspecified atom stereocenters. The van der Waals surface area contributed by atoms with E-state index in [0.29, 0.717) is 24.0 Å². The number of carbonyl (C=O) groups excluding carboxylic acids is 2. The number of hydrogen-bond acceptors (Lipinski definition) is 5. The van der Waals surface area contributed by atoms with Gasteiger partial charge in [-0.3, -0.25) is 10.3 Å². The van der Waals surface area contributed by atoms with Crippen molar-refractivity contribution in [3.8, 4) is 0 Å². The number of nitrogens with one attached hydrogen (secondary N) is 2. The highest BCUT2D eigenvalue weighted by atomic mass is 17.2. The summed E-state index contributed by atoms with van der Waals surface area (Å²) in [7, 11) is 1.28. The quantitative estimate of drug-likeness (QED) is 0.292. The molecule has 162 valence electrons. The van der Waals surface area contributed by atoms with Gasteiger partial charge in [0.2, 0.25) is 0 Å². The Bertz CT molecular complexity index is 574. The third kappa shape index (κ3) is 6.94. The Morgan fingerprint density at radius 1 is 1.11 bits per heavy atom. The molecule has 1 saturated heterocycles. The van der Waals surface area contributed by atoms with Crippen LogP contribution in [0.25, 0.3) is 0 Å². The van der Waals surface area contributed by atoms with Crippen molar-refractivity contribution in [3.63, 3.8) is 0 Å². The largest absolute Gasteiger partial charge is 0.344 e. The normalized spacial score (nSPS) is 17.9. The van der Waals surface area contributed by atoms with E-state index < -0.39 is 17.5 Å². The van der Waals surface area contributed by atoms with Crippen molar-refractivity contribution in [2.24, 2.45) is 15.8 Å². The van der Waals surface area contributed by atoms with E-state index in [1.54, 1.807) is 4.90 Å². The molecule has 0 saturated carbocycles. The number of amidine groups is 1. The highest BCUT2D eigenvalue weighted by molar-refractivity contribution is 6.02. The molecule has 1 heterocycles. The van der Waals surface area contributed by atoms with Crippen LogP contribution in [0, 0.1) is 10.8 Å². The summed E-state index contributed by atoms with van der Waals surface area (Å²) in [5.74, 6) is 0.395. The lowest BCUT2D eigenvalue weighted by molar-refractivity contribution is -0.364. The number of nitrogens with zero attached hydrogens (tertiary/aromatic N) is 3. The number of amides is 4. The second-order valence-corrected chi connectivity index (χ2v) is 9.51. The first-order valence-electron chi connectivity index (χ1n) is 9.76. The molecule has 0 aromatic carbocycles. The molecular formula is C19H37N5O4. The predicted octanol–water partition coefficient (Wildman–Crippen LogP) is 3.09. The summed E-state index contributed by atoms with van der Waals surface area (Å²) >= 11 is 0. The maximum Gasteiger partial charge on any atom is 0.344 e. The molecule has 0 radical (unpaired) electrons. The Morgan fingerprint density at radius 3 is 2.07 bits per heavy atom. The van der Waals surface area contributed by atoms with Gasteiger partial charge in [-0.2, -0.15) is 5.06 Å². The number of aliphatic imine (C=N–C) groups is 1. The monoisotopic (exact) mass is 399 g/mol. The number of likely N-dealkylation sites (tertiary alicyclic amines) is 1. The first kappa shape index (κ1) is 24.2. The summed E-state index contributed by atoms with van der Waals surface area (Å²) in [6.45, 7) is 15.4. The van der Waals surface area contributed by atoms with Crippen LogP contribution in [0.15, 0.2) is 4.99 Å². The number of hydrogen-bond donors (Lipinski definition) is 3. The van der Waals surface area contributed by atoms with E-state index in [-0.39, 0.29) is 17.5 Å². The van der Waals surface area contributed by atoms with Crippen LogP contribution in [0.1, 0.15) is 61.3 Å². The Labute approximate surface area is 168 Å². The Hall–Kier alpha value is -1.87. The molecule has 0 bridgehead atoms. The van der Waals surface area contributed by atoms with Gasteiger partial charge in [-0.1, -0.05) is 41.5 Å². The molecule has 2 atom stereocenters. The Kier molecular flexibility index (Phi) is 8.25. The first-order chi connectivity index (χ1) is 12.8. The summed E-state index contributed by atoms with van der Waals surface area (Å²) < 4.78 is 0. The number of rotatable bonds is 4. The van der Waals surface area contributed by atoms with Gasteiger partial charge in [0.25, 0.3) is 0 Å². The smallest absolute Gasteiger partial charge is 0.326 e. The fraction of sp³-hybridized carbons (Fsp3) is 0.842. The van der Waals surface area contributed by atoms with Crippen molar-refractivity contribution in [2.45, 2.75) is 73.4 Å². The van der Waals surface area contributed by atoms with E-state index in [9.17, 15) is 9.59 Å². The molecule has 1 fully saturated rings. The zero-order valence-electron chi connectivity index (χ0n) is 18.5. The molecule has 1 aliphatic heterocycles. The van der Waals surface area contributed by atoms with Crippen LogP contribution in [0.3, 0.4) is 0 Å². The highest BCUT2D eigenvalue weighted by Gasteiger charge is 2.35. The molecule has 9 nitrogen and oxygen atoms in total. The molecule has 4 amide bonds. The molecule has 1 rings (SSSR count). The zero-order chi connectivity index (χ0) is 21.7. The fourth-order valence-electron chi connectivity index (χ4n) is 2.64. The maximum atomic E-state index is 12.7. The minimum absolute atomic E-state index is 0.102. The SMILES string of the molecule is CC(N=C(NC(=O)N1CCCC1)C(NC(=O)N(C)OO)C(C)(C)C)C(C)(C)C. The molecule has 1 aliphatic rings. The molecule has 0 aromatic rings. The topological polar surface area (TPSA) is 107 Å². The van der Waals surface area contributed by atoms with Gasteiger partial charge in [0, 0.05) is 20.1 Å². The molecular weight excluding hydrogens is 362 g/mol. The van der Waals surface area contributed by atoms with Gasteiger partial charge < -0.3 is 10.2 Å². The van der Waals surface area contributed by atoms with E-state index in [0.717, 1.165) is 12.8 Å². The van der Waals surface area contributed by atoms with Gasteiger partial charge in [0.05, 0.1) is 12.1 Å². The number of urea groups is 2. The van der Waals surface area contributed by atoms with E-state index in [1.165, 1.54) is 7.05 Å². The van der Waals surface area contributed by atoms with Gasteiger partial charge >= 0.3 is 12.1 Å². The van der Waals surface area contributed by atoms with E-state index in [4.69, 9.17) is 10.2 Å². The van der Waals surface area contributed by atoms with E-state index in [1.807, 2.05) is 27.7 Å². The molecule has 9 heteroatoms. The van der Waals surface area contributed by atoms with E-state index in [2.05, 4.69) is 36.4 Å². The van der Waals surface area contributed by atoms with Crippen LogP contribution in [-0.4, -0.2) is 65.3 Å². The lowest BCUT2D eigenvalue weighted by Crippen LogP contribution is -2.58. The second kappa shape index (κ2) is 9.56. The Morgan fingerprint density at radius 2 is 1.64 bits per heavy atom. The minimum atomic E-state index is -0.644. The molecule has 0 spiro atoms. The third-order valence-electron chi connectivity index (χ3n) is 5.03. The third-order valence-corrected chi connectivity index (χ3v) is 5.03. The lowest BCUT2D eigenvalue weighted by atomic mass is 9.84. The van der Waals surface area contributed by atoms with Crippen molar-refractivity contribution in [2.75, 3.05) is 20.1 Å². The Balaban J connectivity index is 3.23. The van der Waals surface area contributed by atoms with E-state index >= 15 is 0 Å². The van der Waals surface area contributed by atoms with Crippen LogP contribution >= 0.6 is 0 Å². The van der Waals surface area contributed by atoms with Crippen molar-refractivity contribution in [1.29, 1.82) is 0 Å². The highest BCUT2D eigenvalue weighted by Crippen LogP contribution is 2.25. The van der Waals surface area contributed by atoms with Gasteiger partial charge in [0.1, 0.15) is 5.84 Å². The van der Waals surface area contributed by atoms with Gasteiger partial charge in [-0.15, -0.1) is 4.99 Å². The predicted molar refractivity (Wildman–Crippen MR) is 109 cm³/mol. The lowest BCUT2D eigenvalue weighted by Gasteiger charge is -2.35. The second-order valence-electron chi connectivity index (χ2n) is 9.51. The minimum Gasteiger partial charge on any atom is -0.326 e. The first-order valence-corrected chi connectivity index (χ1v) is 9.76. The number of hydroxylamine groups is 2. The summed E-state index contributed by atoms with van der Waals surface area (Å²) in [6.07, 6.45) is 1.96. The van der Waals surface area contributed by atoms with Crippen molar-refractivity contribution in [1.82, 2.24) is 20.6 Å². The fourth-order valence-corrected chi connectivity index (χ4v) is 2.64. The molecule has 3 N–H and O–H groups in total. The van der Waals surface area contributed by atoms with Crippen LogP contribution in [0.2, 0.25) is 0 Å². The average molecular weight is 400 g/mol. The maximum absolute atomic E-state index is 12.7. The van der Waals surface area contributed by atoms with Crippen LogP contribution < -0.4 is 10.6 Å². The van der Waals surface area contributed by atoms with Crippen molar-refractivity contribution >= 4 is 17.9 Å². The van der Waals surface area contributed by atoms with Gasteiger partial charge in [-0.05, 0) is 30.6 Å². The summed E-state index contributed by atoms with van der Waals surface area (Å²) in [5.41, 5.74) is -0.582. The number of carbonyl (C=O) groups is 2.